The number of benzene rings is 1. The fraction of sp³-hybridized carbons (Fsp3) is 0.520. The Bertz CT molecular complexity index is 983. The lowest BCUT2D eigenvalue weighted by Crippen LogP contribution is -2.46. The van der Waals surface area contributed by atoms with Crippen LogP contribution in [-0.4, -0.2) is 50.6 Å². The number of hydrogen-bond acceptors (Lipinski definition) is 7. The Morgan fingerprint density at radius 1 is 1.33 bits per heavy atom. The molecule has 8 nitrogen and oxygen atoms in total. The third-order valence-electron chi connectivity index (χ3n) is 6.67. The van der Waals surface area contributed by atoms with Gasteiger partial charge in [-0.2, -0.15) is 0 Å². The van der Waals surface area contributed by atoms with Crippen LogP contribution in [0.25, 0.3) is 0 Å². The van der Waals surface area contributed by atoms with E-state index in [1.165, 1.54) is 30.7 Å². The number of epoxide rings is 1. The Morgan fingerprint density at radius 3 is 2.67 bits per heavy atom. The molecule has 2 fully saturated rings. The average Bonchev–Trinajstić information content (AvgIpc) is 3.31. The lowest BCUT2D eigenvalue weighted by molar-refractivity contribution is -0.142. The summed E-state index contributed by atoms with van der Waals surface area (Å²) in [4.78, 5) is 22.4. The third-order valence-corrected chi connectivity index (χ3v) is 6.67. The van der Waals surface area contributed by atoms with Crippen LogP contribution in [0.4, 0.5) is 0 Å². The van der Waals surface area contributed by atoms with Crippen LogP contribution in [0.15, 0.2) is 42.0 Å². The largest absolute Gasteiger partial charge is 0.504 e. The molecular formula is C25H33NO7. The molecule has 33 heavy (non-hydrogen) atoms. The number of esters is 1. The zero-order valence-electron chi connectivity index (χ0n) is 19.3. The van der Waals surface area contributed by atoms with Gasteiger partial charge < -0.3 is 30.5 Å². The number of allylic oxidation sites excluding steroid dienone is 2. The number of phenols is 2. The van der Waals surface area contributed by atoms with E-state index in [0.717, 1.165) is 25.7 Å². The van der Waals surface area contributed by atoms with Crippen LogP contribution in [-0.2, 0) is 25.5 Å². The molecule has 5 unspecified atom stereocenters. The Morgan fingerprint density at radius 2 is 2.03 bits per heavy atom. The molecule has 2 heterocycles. The summed E-state index contributed by atoms with van der Waals surface area (Å²) in [5, 5.41) is 27.0. The van der Waals surface area contributed by atoms with E-state index in [1.807, 2.05) is 0 Å². The smallest absolute Gasteiger partial charge is 0.334 e. The molecule has 2 saturated heterocycles. The van der Waals surface area contributed by atoms with Crippen molar-refractivity contribution >= 4 is 11.9 Å². The molecule has 180 valence electrons. The second-order valence-electron chi connectivity index (χ2n) is 9.70. The van der Waals surface area contributed by atoms with Gasteiger partial charge in [-0.15, -0.1) is 0 Å². The van der Waals surface area contributed by atoms with Crippen molar-refractivity contribution < 1.29 is 34.4 Å². The van der Waals surface area contributed by atoms with Crippen molar-refractivity contribution in [2.75, 3.05) is 0 Å². The quantitative estimate of drug-likeness (QED) is 0.177. The van der Waals surface area contributed by atoms with Gasteiger partial charge in [0.05, 0.1) is 5.60 Å². The van der Waals surface area contributed by atoms with Crippen molar-refractivity contribution in [2.45, 2.75) is 76.2 Å². The molecule has 0 saturated carbocycles. The predicted molar refractivity (Wildman–Crippen MR) is 122 cm³/mol. The molecule has 0 amide bonds. The van der Waals surface area contributed by atoms with Crippen LogP contribution >= 0.6 is 0 Å². The predicted octanol–water partition coefficient (Wildman–Crippen LogP) is 3.20. The van der Waals surface area contributed by atoms with E-state index < -0.39 is 11.5 Å². The number of hydrogen-bond donors (Lipinski definition) is 4. The number of carbonyl (C=O) groups excluding carboxylic acids is 1. The maximum atomic E-state index is 11.7. The van der Waals surface area contributed by atoms with Crippen molar-refractivity contribution in [1.82, 2.24) is 0 Å². The first-order valence-electron chi connectivity index (χ1n) is 11.1. The maximum absolute atomic E-state index is 11.7. The fourth-order valence-corrected chi connectivity index (χ4v) is 4.38. The fourth-order valence-electron chi connectivity index (χ4n) is 4.38. The summed E-state index contributed by atoms with van der Waals surface area (Å²) in [6.07, 6.45) is 6.33. The van der Waals surface area contributed by atoms with Crippen LogP contribution in [0.2, 0.25) is 0 Å². The van der Waals surface area contributed by atoms with Gasteiger partial charge >= 0.3 is 11.9 Å². The normalized spacial score (nSPS) is 30.4. The molecule has 3 aliphatic rings. The SMILES string of the molecule is C=C1C(=O)OC2C1CCC(C)=CCCC1(C)OC21.CC(N)(Cc1ccc(O)c(O)c1)C(=O)O. The zero-order chi connectivity index (χ0) is 24.6. The average molecular weight is 460 g/mol. The number of carboxylic acids is 1. The van der Waals surface area contributed by atoms with Crippen LogP contribution < -0.4 is 5.73 Å². The topological polar surface area (TPSA) is 143 Å². The highest BCUT2D eigenvalue weighted by Gasteiger charge is 2.61. The highest BCUT2D eigenvalue weighted by atomic mass is 16.6. The summed E-state index contributed by atoms with van der Waals surface area (Å²) in [5.41, 5.74) is 6.62. The Labute approximate surface area is 193 Å². The van der Waals surface area contributed by atoms with Gasteiger partial charge in [-0.1, -0.05) is 24.3 Å². The zero-order valence-corrected chi connectivity index (χ0v) is 19.3. The van der Waals surface area contributed by atoms with Crippen molar-refractivity contribution in [2.24, 2.45) is 11.7 Å². The summed E-state index contributed by atoms with van der Waals surface area (Å²) in [5.74, 6) is -1.74. The van der Waals surface area contributed by atoms with Gasteiger partial charge in [-0.25, -0.2) is 4.79 Å². The lowest BCUT2D eigenvalue weighted by atomic mass is 9.84. The van der Waals surface area contributed by atoms with Gasteiger partial charge in [0.1, 0.15) is 17.7 Å². The molecule has 0 aromatic heterocycles. The Kier molecular flexibility index (Phi) is 6.91. The van der Waals surface area contributed by atoms with Crippen molar-refractivity contribution in [1.29, 1.82) is 0 Å². The molecular weight excluding hydrogens is 426 g/mol. The van der Waals surface area contributed by atoms with E-state index in [0.29, 0.717) is 11.1 Å². The number of carbonyl (C=O) groups is 2. The minimum Gasteiger partial charge on any atom is -0.504 e. The van der Waals surface area contributed by atoms with Gasteiger partial charge in [0.15, 0.2) is 11.5 Å². The van der Waals surface area contributed by atoms with Crippen molar-refractivity contribution in [3.63, 3.8) is 0 Å². The summed E-state index contributed by atoms with van der Waals surface area (Å²) < 4.78 is 11.3. The molecule has 5 atom stereocenters. The molecule has 4 rings (SSSR count). The van der Waals surface area contributed by atoms with Crippen molar-refractivity contribution in [3.8, 4) is 11.5 Å². The molecule has 2 aliphatic heterocycles. The van der Waals surface area contributed by atoms with Crippen LogP contribution in [0.5, 0.6) is 11.5 Å². The monoisotopic (exact) mass is 459 g/mol. The highest BCUT2D eigenvalue weighted by molar-refractivity contribution is 5.91. The Balaban J connectivity index is 0.000000190. The number of ether oxygens (including phenoxy) is 2. The molecule has 0 bridgehead atoms. The van der Waals surface area contributed by atoms with Gasteiger partial charge in [0.2, 0.25) is 0 Å². The molecule has 1 aliphatic carbocycles. The number of rotatable bonds is 3. The number of carboxylic acid groups (broad SMARTS) is 1. The second-order valence-corrected chi connectivity index (χ2v) is 9.70. The minimum absolute atomic E-state index is 0.0671. The molecule has 0 radical (unpaired) electrons. The lowest BCUT2D eigenvalue weighted by Gasteiger charge is -2.19. The number of fused-ring (bicyclic) bond motifs is 3. The summed E-state index contributed by atoms with van der Waals surface area (Å²) in [6.45, 7) is 9.56. The first-order valence-corrected chi connectivity index (χ1v) is 11.1. The molecule has 1 aromatic carbocycles. The highest BCUT2D eigenvalue weighted by Crippen LogP contribution is 2.49. The van der Waals surface area contributed by atoms with Gasteiger partial charge in [-0.05, 0) is 64.2 Å². The number of nitrogens with two attached hydrogens (primary N) is 1. The van der Waals surface area contributed by atoms with Crippen LogP contribution in [0.1, 0.15) is 52.0 Å². The molecule has 1 aromatic rings. The molecule has 5 N–H and O–H groups in total. The minimum atomic E-state index is -1.39. The van der Waals surface area contributed by atoms with Gasteiger partial charge in [0, 0.05) is 17.9 Å². The van der Waals surface area contributed by atoms with Crippen LogP contribution in [0, 0.1) is 5.92 Å². The van der Waals surface area contributed by atoms with E-state index >= 15 is 0 Å². The second kappa shape index (κ2) is 9.19. The summed E-state index contributed by atoms with van der Waals surface area (Å²) in [6, 6.07) is 4.11. The standard InChI is InChI=1S/C15H20O3.C10H13NO4/c1-9-5-4-8-15(3)13(18-15)12-11(7-6-9)10(2)14(16)17-12;1-10(11,9(14)15)5-6-2-3-7(12)8(13)4-6/h5,11-13H,2,4,6-8H2,1,3H3;2-4,12-13H,5,11H2,1H3,(H,14,15). The first kappa shape index (κ1) is 24.8. The summed E-state index contributed by atoms with van der Waals surface area (Å²) in [7, 11) is 0. The van der Waals surface area contributed by atoms with E-state index in [2.05, 4.69) is 26.5 Å². The third kappa shape index (κ3) is 5.57. The molecule has 0 spiro atoms. The van der Waals surface area contributed by atoms with Crippen molar-refractivity contribution in [3.05, 3.63) is 47.6 Å². The number of aromatic hydroxyl groups is 2. The van der Waals surface area contributed by atoms with Gasteiger partial charge in [-0.3, -0.25) is 4.79 Å². The van der Waals surface area contributed by atoms with E-state index in [1.54, 1.807) is 0 Å². The number of phenolic OH excluding ortho intramolecular Hbond substituents is 2. The van der Waals surface area contributed by atoms with E-state index in [9.17, 15) is 14.7 Å². The maximum Gasteiger partial charge on any atom is 0.334 e. The molecule has 8 heteroatoms. The van der Waals surface area contributed by atoms with Crippen LogP contribution in [0.3, 0.4) is 0 Å². The van der Waals surface area contributed by atoms with E-state index in [4.69, 9.17) is 25.4 Å². The first-order chi connectivity index (χ1) is 15.3. The Hall–Kier alpha value is -2.84. The van der Waals surface area contributed by atoms with Gasteiger partial charge in [0.25, 0.3) is 0 Å². The van der Waals surface area contributed by atoms with E-state index in [-0.39, 0.29) is 47.6 Å². The number of aliphatic carboxylic acids is 1. The summed E-state index contributed by atoms with van der Waals surface area (Å²) >= 11 is 0.